The van der Waals surface area contributed by atoms with Gasteiger partial charge < -0.3 is 11.1 Å². The maximum atomic E-state index is 13.3. The number of carbonyl (C=O) groups excluding carboxylic acids is 1. The fraction of sp³-hybridized carbons (Fsp3) is 0.316. The van der Waals surface area contributed by atoms with Crippen LogP contribution in [0.2, 0.25) is 0 Å². The van der Waals surface area contributed by atoms with E-state index in [2.05, 4.69) is 10.2 Å². The number of amides is 1. The smallest absolute Gasteiger partial charge is 0.251 e. The van der Waals surface area contributed by atoms with Crippen molar-refractivity contribution in [3.63, 3.8) is 0 Å². The molecule has 2 aromatic rings. The van der Waals surface area contributed by atoms with Gasteiger partial charge in [0, 0.05) is 37.0 Å². The Balaban J connectivity index is 1.49. The Morgan fingerprint density at radius 3 is 2.68 bits per heavy atom. The quantitative estimate of drug-likeness (QED) is 0.820. The van der Waals surface area contributed by atoms with Gasteiger partial charge >= 0.3 is 0 Å². The molecule has 0 unspecified atom stereocenters. The van der Waals surface area contributed by atoms with E-state index in [0.29, 0.717) is 35.8 Å². The van der Waals surface area contributed by atoms with Crippen LogP contribution in [0, 0.1) is 17.6 Å². The third-order valence-corrected chi connectivity index (χ3v) is 4.40. The minimum absolute atomic E-state index is 0.141. The standard InChI is InChI=1S/C19H21F2N3O/c20-16-6-14(7-17(21)9-16)12-24-5-4-13(11-24)10-23-19(25)15-2-1-3-18(22)8-15/h1-3,6-9,13H,4-5,10-12,22H2,(H,23,25)/t13-/m1/s1. The molecule has 1 aliphatic heterocycles. The first-order chi connectivity index (χ1) is 12.0. The fourth-order valence-electron chi connectivity index (χ4n) is 3.20. The molecular weight excluding hydrogens is 324 g/mol. The molecule has 6 heteroatoms. The van der Waals surface area contributed by atoms with Gasteiger partial charge in [0.2, 0.25) is 0 Å². The number of rotatable bonds is 5. The van der Waals surface area contributed by atoms with Crippen LogP contribution in [0.1, 0.15) is 22.3 Å². The van der Waals surface area contributed by atoms with Crippen LogP contribution in [0.3, 0.4) is 0 Å². The molecule has 0 aromatic heterocycles. The number of hydrogen-bond acceptors (Lipinski definition) is 3. The molecule has 4 nitrogen and oxygen atoms in total. The van der Waals surface area contributed by atoms with Gasteiger partial charge in [-0.15, -0.1) is 0 Å². The van der Waals surface area contributed by atoms with Crippen LogP contribution in [0.25, 0.3) is 0 Å². The number of likely N-dealkylation sites (tertiary alicyclic amines) is 1. The number of nitrogens with two attached hydrogens (primary N) is 1. The first kappa shape index (κ1) is 17.4. The summed E-state index contributed by atoms with van der Waals surface area (Å²) in [6, 6.07) is 10.5. The molecule has 132 valence electrons. The topological polar surface area (TPSA) is 58.4 Å². The summed E-state index contributed by atoms with van der Waals surface area (Å²) in [4.78, 5) is 14.3. The predicted octanol–water partition coefficient (Wildman–Crippen LogP) is 2.80. The van der Waals surface area contributed by atoms with E-state index in [1.165, 1.54) is 12.1 Å². The highest BCUT2D eigenvalue weighted by Crippen LogP contribution is 2.19. The minimum Gasteiger partial charge on any atom is -0.399 e. The minimum atomic E-state index is -0.555. The van der Waals surface area contributed by atoms with Crippen molar-refractivity contribution in [1.82, 2.24) is 10.2 Å². The van der Waals surface area contributed by atoms with Crippen molar-refractivity contribution in [2.45, 2.75) is 13.0 Å². The lowest BCUT2D eigenvalue weighted by Crippen LogP contribution is -2.31. The zero-order chi connectivity index (χ0) is 17.8. The van der Waals surface area contributed by atoms with Crippen LogP contribution in [0.15, 0.2) is 42.5 Å². The van der Waals surface area contributed by atoms with Gasteiger partial charge in [-0.1, -0.05) is 6.07 Å². The number of hydrogen-bond donors (Lipinski definition) is 2. The zero-order valence-electron chi connectivity index (χ0n) is 13.8. The molecule has 1 atom stereocenters. The Kier molecular flexibility index (Phi) is 5.28. The Morgan fingerprint density at radius 1 is 1.20 bits per heavy atom. The molecule has 25 heavy (non-hydrogen) atoms. The second-order valence-corrected chi connectivity index (χ2v) is 6.50. The van der Waals surface area contributed by atoms with Crippen molar-refractivity contribution < 1.29 is 13.6 Å². The van der Waals surface area contributed by atoms with Crippen molar-refractivity contribution >= 4 is 11.6 Å². The molecule has 1 aliphatic rings. The van der Waals surface area contributed by atoms with Crippen molar-refractivity contribution in [3.8, 4) is 0 Å². The zero-order valence-corrected chi connectivity index (χ0v) is 13.8. The number of nitrogens with zero attached hydrogens (tertiary/aromatic N) is 1. The molecule has 0 spiro atoms. The van der Waals surface area contributed by atoms with Gasteiger partial charge in [-0.3, -0.25) is 9.69 Å². The van der Waals surface area contributed by atoms with E-state index in [1.807, 2.05) is 0 Å². The number of nitrogen functional groups attached to an aromatic ring is 1. The van der Waals surface area contributed by atoms with Crippen molar-refractivity contribution in [2.75, 3.05) is 25.4 Å². The molecule has 1 amide bonds. The average Bonchev–Trinajstić information content (AvgIpc) is 2.99. The van der Waals surface area contributed by atoms with Crippen LogP contribution in [0.4, 0.5) is 14.5 Å². The Hall–Kier alpha value is -2.47. The van der Waals surface area contributed by atoms with Gasteiger partial charge in [0.25, 0.3) is 5.91 Å². The number of nitrogens with one attached hydrogen (secondary N) is 1. The summed E-state index contributed by atoms with van der Waals surface area (Å²) in [6.07, 6.45) is 0.939. The lowest BCUT2D eigenvalue weighted by molar-refractivity contribution is 0.0947. The predicted molar refractivity (Wildman–Crippen MR) is 92.9 cm³/mol. The van der Waals surface area contributed by atoms with Crippen LogP contribution in [-0.4, -0.2) is 30.4 Å². The maximum Gasteiger partial charge on any atom is 0.251 e. The molecule has 1 heterocycles. The van der Waals surface area contributed by atoms with Gasteiger partial charge in [-0.25, -0.2) is 8.78 Å². The van der Waals surface area contributed by atoms with Crippen molar-refractivity contribution in [2.24, 2.45) is 5.92 Å². The summed E-state index contributed by atoms with van der Waals surface area (Å²) in [6.45, 7) is 2.71. The SMILES string of the molecule is Nc1cccc(C(=O)NC[C@H]2CCN(Cc3cc(F)cc(F)c3)C2)c1. The van der Waals surface area contributed by atoms with Crippen molar-refractivity contribution in [3.05, 3.63) is 65.2 Å². The van der Waals surface area contributed by atoms with Crippen LogP contribution < -0.4 is 11.1 Å². The molecule has 3 rings (SSSR count). The summed E-state index contributed by atoms with van der Waals surface area (Å²) < 4.78 is 26.5. The first-order valence-corrected chi connectivity index (χ1v) is 8.30. The molecule has 0 bridgehead atoms. The third kappa shape index (κ3) is 4.76. The summed E-state index contributed by atoms with van der Waals surface area (Å²) in [5.41, 5.74) is 7.42. The van der Waals surface area contributed by atoms with Gasteiger partial charge in [-0.05, 0) is 54.8 Å². The largest absolute Gasteiger partial charge is 0.399 e. The fourth-order valence-corrected chi connectivity index (χ4v) is 3.20. The van der Waals surface area contributed by atoms with E-state index in [9.17, 15) is 13.6 Å². The highest BCUT2D eigenvalue weighted by atomic mass is 19.1. The van der Waals surface area contributed by atoms with E-state index in [-0.39, 0.29) is 5.91 Å². The molecule has 0 radical (unpaired) electrons. The van der Waals surface area contributed by atoms with Crippen LogP contribution >= 0.6 is 0 Å². The van der Waals surface area contributed by atoms with E-state index in [4.69, 9.17) is 5.73 Å². The van der Waals surface area contributed by atoms with Gasteiger partial charge in [-0.2, -0.15) is 0 Å². The number of anilines is 1. The van der Waals surface area contributed by atoms with E-state index >= 15 is 0 Å². The van der Waals surface area contributed by atoms with Crippen LogP contribution in [-0.2, 0) is 6.54 Å². The lowest BCUT2D eigenvalue weighted by atomic mass is 10.1. The van der Waals surface area contributed by atoms with Gasteiger partial charge in [0.15, 0.2) is 0 Å². The molecule has 0 aliphatic carbocycles. The molecule has 2 aromatic carbocycles. The number of halogens is 2. The normalized spacial score (nSPS) is 17.6. The van der Waals surface area contributed by atoms with E-state index < -0.39 is 11.6 Å². The van der Waals surface area contributed by atoms with Gasteiger partial charge in [0.05, 0.1) is 0 Å². The monoisotopic (exact) mass is 345 g/mol. The molecule has 3 N–H and O–H groups in total. The highest BCUT2D eigenvalue weighted by Gasteiger charge is 2.23. The number of benzene rings is 2. The van der Waals surface area contributed by atoms with Crippen LogP contribution in [0.5, 0.6) is 0 Å². The number of carbonyl (C=O) groups is 1. The van der Waals surface area contributed by atoms with Gasteiger partial charge in [0.1, 0.15) is 11.6 Å². The summed E-state index contributed by atoms with van der Waals surface area (Å²) in [7, 11) is 0. The van der Waals surface area contributed by atoms with E-state index in [1.54, 1.807) is 24.3 Å². The second-order valence-electron chi connectivity index (χ2n) is 6.50. The molecular formula is C19H21F2N3O. The lowest BCUT2D eigenvalue weighted by Gasteiger charge is -2.16. The summed E-state index contributed by atoms with van der Waals surface area (Å²) in [5.74, 6) is -0.929. The Bertz CT molecular complexity index is 746. The second kappa shape index (κ2) is 7.61. The summed E-state index contributed by atoms with van der Waals surface area (Å²) >= 11 is 0. The first-order valence-electron chi connectivity index (χ1n) is 8.30. The summed E-state index contributed by atoms with van der Waals surface area (Å²) in [5, 5.41) is 2.93. The molecule has 1 saturated heterocycles. The van der Waals surface area contributed by atoms with Crippen molar-refractivity contribution in [1.29, 1.82) is 0 Å². The molecule has 0 saturated carbocycles. The third-order valence-electron chi connectivity index (χ3n) is 4.40. The molecule has 1 fully saturated rings. The Labute approximate surface area is 145 Å². The van der Waals surface area contributed by atoms with E-state index in [0.717, 1.165) is 25.6 Å². The maximum absolute atomic E-state index is 13.3. The average molecular weight is 345 g/mol. The highest BCUT2D eigenvalue weighted by molar-refractivity contribution is 5.94. The Morgan fingerprint density at radius 2 is 1.96 bits per heavy atom.